The molecule has 0 radical (unpaired) electrons. The average molecular weight is 217 g/mol. The minimum absolute atomic E-state index is 0.0360. The smallest absolute Gasteiger partial charge is 0.184 e. The van der Waals surface area contributed by atoms with Gasteiger partial charge in [-0.05, 0) is 25.3 Å². The van der Waals surface area contributed by atoms with Crippen molar-refractivity contribution >= 4 is 5.90 Å². The highest BCUT2D eigenvalue weighted by Crippen LogP contribution is 2.24. The lowest BCUT2D eigenvalue weighted by molar-refractivity contribution is 0.272. The minimum Gasteiger partial charge on any atom is -0.478 e. The van der Waals surface area contributed by atoms with E-state index in [1.165, 1.54) is 5.56 Å². The van der Waals surface area contributed by atoms with Gasteiger partial charge in [0.05, 0.1) is 5.54 Å². The largest absolute Gasteiger partial charge is 0.478 e. The summed E-state index contributed by atoms with van der Waals surface area (Å²) in [6, 6.07) is 10.5. The quantitative estimate of drug-likeness (QED) is 0.760. The predicted octanol–water partition coefficient (Wildman–Crippen LogP) is 3.39. The summed E-state index contributed by atoms with van der Waals surface area (Å²) in [4.78, 5) is 4.58. The molecule has 2 heteroatoms. The van der Waals surface area contributed by atoms with Crippen molar-refractivity contribution in [2.75, 3.05) is 6.61 Å². The molecule has 0 fully saturated rings. The van der Waals surface area contributed by atoms with Crippen LogP contribution in [0.4, 0.5) is 0 Å². The molecule has 0 saturated carbocycles. The Morgan fingerprint density at radius 1 is 1.31 bits per heavy atom. The molecule has 0 aliphatic carbocycles. The van der Waals surface area contributed by atoms with E-state index < -0.39 is 0 Å². The van der Waals surface area contributed by atoms with Crippen molar-refractivity contribution in [3.63, 3.8) is 0 Å². The van der Waals surface area contributed by atoms with Crippen molar-refractivity contribution in [1.29, 1.82) is 0 Å². The highest BCUT2D eigenvalue weighted by atomic mass is 16.5. The van der Waals surface area contributed by atoms with E-state index in [0.717, 1.165) is 12.3 Å². The van der Waals surface area contributed by atoms with Gasteiger partial charge >= 0.3 is 0 Å². The van der Waals surface area contributed by atoms with E-state index in [9.17, 15) is 0 Å². The van der Waals surface area contributed by atoms with Gasteiger partial charge in [-0.1, -0.05) is 37.3 Å². The highest BCUT2D eigenvalue weighted by Gasteiger charge is 2.26. The first kappa shape index (κ1) is 11.2. The second-order valence-electron chi connectivity index (χ2n) is 5.12. The standard InChI is InChI=1S/C14H19NO/c1-11(12-7-5-4-6-8-12)9-13-15-14(2,3)10-16-13/h4-8,11H,9-10H2,1-3H3/t11-/m0/s1. The first-order valence-electron chi connectivity index (χ1n) is 5.83. The molecule has 0 amide bonds. The Kier molecular flexibility index (Phi) is 2.99. The molecule has 0 unspecified atom stereocenters. The summed E-state index contributed by atoms with van der Waals surface area (Å²) in [7, 11) is 0. The molecule has 16 heavy (non-hydrogen) atoms. The summed E-state index contributed by atoms with van der Waals surface area (Å²) in [6.45, 7) is 7.14. The topological polar surface area (TPSA) is 21.6 Å². The monoisotopic (exact) mass is 217 g/mol. The SMILES string of the molecule is C[C@@H](CC1=NC(C)(C)CO1)c1ccccc1. The van der Waals surface area contributed by atoms with E-state index >= 15 is 0 Å². The van der Waals surface area contributed by atoms with Gasteiger partial charge in [-0.3, -0.25) is 0 Å². The summed E-state index contributed by atoms with van der Waals surface area (Å²) >= 11 is 0. The number of hydrogen-bond donors (Lipinski definition) is 0. The van der Waals surface area contributed by atoms with Crippen molar-refractivity contribution in [2.24, 2.45) is 4.99 Å². The van der Waals surface area contributed by atoms with Crippen LogP contribution >= 0.6 is 0 Å². The second-order valence-corrected chi connectivity index (χ2v) is 5.12. The van der Waals surface area contributed by atoms with Crippen LogP contribution in [0.3, 0.4) is 0 Å². The van der Waals surface area contributed by atoms with Gasteiger partial charge in [0.15, 0.2) is 5.90 Å². The molecule has 0 N–H and O–H groups in total. The van der Waals surface area contributed by atoms with Gasteiger partial charge in [-0.15, -0.1) is 0 Å². The van der Waals surface area contributed by atoms with Gasteiger partial charge in [0.2, 0.25) is 0 Å². The molecule has 0 spiro atoms. The lowest BCUT2D eigenvalue weighted by Gasteiger charge is -2.10. The Labute approximate surface area is 97.4 Å². The van der Waals surface area contributed by atoms with Gasteiger partial charge in [0, 0.05) is 6.42 Å². The molecule has 1 heterocycles. The van der Waals surface area contributed by atoms with Crippen LogP contribution in [0.15, 0.2) is 35.3 Å². The van der Waals surface area contributed by atoms with E-state index in [-0.39, 0.29) is 5.54 Å². The zero-order valence-corrected chi connectivity index (χ0v) is 10.2. The fourth-order valence-corrected chi connectivity index (χ4v) is 1.93. The third kappa shape index (κ3) is 2.63. The molecular weight excluding hydrogens is 198 g/mol. The van der Waals surface area contributed by atoms with Crippen molar-refractivity contribution in [2.45, 2.75) is 38.6 Å². The average Bonchev–Trinajstić information content (AvgIpc) is 2.59. The number of aliphatic imine (C=N–C) groups is 1. The maximum absolute atomic E-state index is 5.61. The van der Waals surface area contributed by atoms with Gasteiger partial charge in [-0.25, -0.2) is 4.99 Å². The molecule has 0 aromatic heterocycles. The zero-order chi connectivity index (χ0) is 11.6. The van der Waals surface area contributed by atoms with Crippen LogP contribution < -0.4 is 0 Å². The molecule has 1 aliphatic rings. The maximum atomic E-state index is 5.61. The van der Waals surface area contributed by atoms with E-state index in [4.69, 9.17) is 4.74 Å². The fraction of sp³-hybridized carbons (Fsp3) is 0.500. The van der Waals surface area contributed by atoms with Crippen LogP contribution in [-0.4, -0.2) is 18.0 Å². The first-order valence-corrected chi connectivity index (χ1v) is 5.83. The second kappa shape index (κ2) is 4.28. The van der Waals surface area contributed by atoms with Crippen LogP contribution in [-0.2, 0) is 4.74 Å². The number of benzene rings is 1. The van der Waals surface area contributed by atoms with Crippen molar-refractivity contribution in [1.82, 2.24) is 0 Å². The lowest BCUT2D eigenvalue weighted by Crippen LogP contribution is -2.17. The molecule has 86 valence electrons. The van der Waals surface area contributed by atoms with Crippen LogP contribution in [0.2, 0.25) is 0 Å². The maximum Gasteiger partial charge on any atom is 0.184 e. The lowest BCUT2D eigenvalue weighted by atomic mass is 9.98. The Hall–Kier alpha value is -1.31. The number of hydrogen-bond acceptors (Lipinski definition) is 2. The zero-order valence-electron chi connectivity index (χ0n) is 10.2. The Bertz CT molecular complexity index is 381. The number of ether oxygens (including phenoxy) is 1. The van der Waals surface area contributed by atoms with Crippen LogP contribution in [0.1, 0.15) is 38.7 Å². The van der Waals surface area contributed by atoms with Crippen LogP contribution in [0.5, 0.6) is 0 Å². The molecule has 2 nitrogen and oxygen atoms in total. The molecular formula is C14H19NO. The molecule has 1 aromatic rings. The summed E-state index contributed by atoms with van der Waals surface area (Å²) in [6.07, 6.45) is 0.896. The summed E-state index contributed by atoms with van der Waals surface area (Å²) in [5.74, 6) is 1.37. The molecule has 1 aliphatic heterocycles. The highest BCUT2D eigenvalue weighted by molar-refractivity contribution is 5.79. The van der Waals surface area contributed by atoms with E-state index in [1.54, 1.807) is 0 Å². The molecule has 1 atom stereocenters. The van der Waals surface area contributed by atoms with Crippen molar-refractivity contribution in [3.05, 3.63) is 35.9 Å². The van der Waals surface area contributed by atoms with E-state index in [1.807, 2.05) is 6.07 Å². The summed E-state index contributed by atoms with van der Waals surface area (Å²) in [5, 5.41) is 0. The van der Waals surface area contributed by atoms with E-state index in [0.29, 0.717) is 12.5 Å². The van der Waals surface area contributed by atoms with Gasteiger partial charge in [0.25, 0.3) is 0 Å². The van der Waals surface area contributed by atoms with Crippen molar-refractivity contribution in [3.8, 4) is 0 Å². The van der Waals surface area contributed by atoms with Gasteiger partial charge < -0.3 is 4.74 Å². The van der Waals surface area contributed by atoms with Gasteiger partial charge in [-0.2, -0.15) is 0 Å². The summed E-state index contributed by atoms with van der Waals surface area (Å²) < 4.78 is 5.61. The normalized spacial score (nSPS) is 20.1. The van der Waals surface area contributed by atoms with E-state index in [2.05, 4.69) is 50.0 Å². The minimum atomic E-state index is -0.0360. The van der Waals surface area contributed by atoms with Crippen LogP contribution in [0, 0.1) is 0 Å². The third-order valence-electron chi connectivity index (χ3n) is 2.87. The van der Waals surface area contributed by atoms with Crippen molar-refractivity contribution < 1.29 is 4.74 Å². The first-order chi connectivity index (χ1) is 7.57. The summed E-state index contributed by atoms with van der Waals surface area (Å²) in [5.41, 5.74) is 1.31. The molecule has 2 rings (SSSR count). The molecule has 0 bridgehead atoms. The Balaban J connectivity index is 2.01. The van der Waals surface area contributed by atoms with Gasteiger partial charge in [0.1, 0.15) is 6.61 Å². The predicted molar refractivity (Wildman–Crippen MR) is 66.9 cm³/mol. The number of rotatable bonds is 3. The molecule has 1 aromatic carbocycles. The Morgan fingerprint density at radius 2 is 2.00 bits per heavy atom. The molecule has 0 saturated heterocycles. The number of nitrogens with zero attached hydrogens (tertiary/aromatic N) is 1. The third-order valence-corrected chi connectivity index (χ3v) is 2.87. The van der Waals surface area contributed by atoms with Crippen LogP contribution in [0.25, 0.3) is 0 Å². The Morgan fingerprint density at radius 3 is 2.56 bits per heavy atom. The fourth-order valence-electron chi connectivity index (χ4n) is 1.93.